The number of fused-ring (bicyclic) bond motifs is 1. The molecule has 1 atom stereocenters. The number of ketones is 1. The molecule has 3 rings (SSSR count). The minimum absolute atomic E-state index is 0.0336. The molecule has 1 aromatic heterocycles. The summed E-state index contributed by atoms with van der Waals surface area (Å²) in [6, 6.07) is 12.7. The summed E-state index contributed by atoms with van der Waals surface area (Å²) >= 11 is 0. The van der Waals surface area contributed by atoms with Crippen molar-refractivity contribution in [2.45, 2.75) is 19.4 Å². The number of nitrogens with one attached hydrogen (secondary N) is 1. The zero-order valence-corrected chi connectivity index (χ0v) is 15.4. The van der Waals surface area contributed by atoms with Gasteiger partial charge in [0.15, 0.2) is 17.6 Å². The van der Waals surface area contributed by atoms with Crippen LogP contribution in [0.5, 0.6) is 11.5 Å². The minimum atomic E-state index is -0.878. The van der Waals surface area contributed by atoms with Crippen molar-refractivity contribution in [2.24, 2.45) is 0 Å². The zero-order chi connectivity index (χ0) is 19.4. The molecule has 0 bridgehead atoms. The Morgan fingerprint density at radius 1 is 1.04 bits per heavy atom. The molecule has 1 N–H and O–H groups in total. The monoisotopic (exact) mass is 367 g/mol. The van der Waals surface area contributed by atoms with Crippen LogP contribution in [0, 0.1) is 0 Å². The minimum Gasteiger partial charge on any atom is -0.493 e. The van der Waals surface area contributed by atoms with Gasteiger partial charge in [-0.05, 0) is 30.7 Å². The van der Waals surface area contributed by atoms with Gasteiger partial charge in [0.25, 0.3) is 0 Å². The van der Waals surface area contributed by atoms with Gasteiger partial charge in [0.05, 0.1) is 20.6 Å². The average molecular weight is 367 g/mol. The highest BCUT2D eigenvalue weighted by Crippen LogP contribution is 2.28. The summed E-state index contributed by atoms with van der Waals surface area (Å²) in [5.74, 6) is 0.388. The second-order valence-corrected chi connectivity index (χ2v) is 6.11. The fourth-order valence-corrected chi connectivity index (χ4v) is 2.94. The summed E-state index contributed by atoms with van der Waals surface area (Å²) in [5, 5.41) is 0.810. The van der Waals surface area contributed by atoms with Crippen LogP contribution >= 0.6 is 0 Å². The van der Waals surface area contributed by atoms with E-state index in [2.05, 4.69) is 4.98 Å². The third-order valence-electron chi connectivity index (χ3n) is 4.33. The molecule has 0 aliphatic heterocycles. The van der Waals surface area contributed by atoms with Gasteiger partial charge in [-0.25, -0.2) is 0 Å². The van der Waals surface area contributed by atoms with Crippen molar-refractivity contribution in [3.63, 3.8) is 0 Å². The molecule has 0 fully saturated rings. The first-order valence-electron chi connectivity index (χ1n) is 8.54. The molecule has 1 heterocycles. The molecule has 0 amide bonds. The van der Waals surface area contributed by atoms with Gasteiger partial charge in [0.2, 0.25) is 5.78 Å². The lowest BCUT2D eigenvalue weighted by molar-refractivity contribution is -0.145. The predicted molar refractivity (Wildman–Crippen MR) is 101 cm³/mol. The molecule has 6 heteroatoms. The largest absolute Gasteiger partial charge is 0.493 e. The maximum absolute atomic E-state index is 12.7. The number of methoxy groups -OCH3 is 2. The van der Waals surface area contributed by atoms with Crippen molar-refractivity contribution < 1.29 is 23.8 Å². The third-order valence-corrected chi connectivity index (χ3v) is 4.33. The predicted octanol–water partition coefficient (Wildman–Crippen LogP) is 3.54. The molecule has 0 unspecified atom stereocenters. The Kier molecular flexibility index (Phi) is 5.45. The lowest BCUT2D eigenvalue weighted by Crippen LogP contribution is -2.25. The van der Waals surface area contributed by atoms with E-state index in [0.717, 1.165) is 10.9 Å². The van der Waals surface area contributed by atoms with E-state index in [1.165, 1.54) is 7.11 Å². The topological polar surface area (TPSA) is 77.6 Å². The Morgan fingerprint density at radius 2 is 1.78 bits per heavy atom. The quantitative estimate of drug-likeness (QED) is 0.510. The van der Waals surface area contributed by atoms with Crippen molar-refractivity contribution in [3.05, 3.63) is 59.8 Å². The number of benzene rings is 2. The fraction of sp³-hybridized carbons (Fsp3) is 0.238. The number of para-hydroxylation sites is 1. The van der Waals surface area contributed by atoms with Gasteiger partial charge in [-0.2, -0.15) is 0 Å². The molecule has 6 nitrogen and oxygen atoms in total. The molecular weight excluding hydrogens is 346 g/mol. The summed E-state index contributed by atoms with van der Waals surface area (Å²) in [6.07, 6.45) is 0.800. The number of carbonyl (C=O) groups is 2. The first-order valence-corrected chi connectivity index (χ1v) is 8.54. The van der Waals surface area contributed by atoms with E-state index < -0.39 is 12.1 Å². The number of aromatic amines is 1. The molecule has 140 valence electrons. The van der Waals surface area contributed by atoms with Crippen molar-refractivity contribution >= 4 is 22.7 Å². The van der Waals surface area contributed by atoms with Crippen molar-refractivity contribution in [2.75, 3.05) is 14.2 Å². The molecule has 0 radical (unpaired) electrons. The first-order chi connectivity index (χ1) is 13.0. The van der Waals surface area contributed by atoms with Gasteiger partial charge in [-0.1, -0.05) is 24.3 Å². The normalized spacial score (nSPS) is 11.8. The molecule has 0 saturated heterocycles. The van der Waals surface area contributed by atoms with Crippen LogP contribution in [-0.4, -0.2) is 37.1 Å². The number of H-pyrrole nitrogens is 1. The number of hydrogen-bond acceptors (Lipinski definition) is 5. The smallest absolute Gasteiger partial charge is 0.310 e. The second-order valence-electron chi connectivity index (χ2n) is 6.11. The van der Waals surface area contributed by atoms with Gasteiger partial charge in [0, 0.05) is 22.7 Å². The van der Waals surface area contributed by atoms with Crippen LogP contribution in [0.25, 0.3) is 10.9 Å². The van der Waals surface area contributed by atoms with Crippen LogP contribution in [0.1, 0.15) is 22.8 Å². The summed E-state index contributed by atoms with van der Waals surface area (Å²) in [7, 11) is 3.08. The third kappa shape index (κ3) is 3.95. The van der Waals surface area contributed by atoms with E-state index in [0.29, 0.717) is 22.6 Å². The van der Waals surface area contributed by atoms with Gasteiger partial charge in [0.1, 0.15) is 0 Å². The van der Waals surface area contributed by atoms with Crippen LogP contribution < -0.4 is 9.47 Å². The fourth-order valence-electron chi connectivity index (χ4n) is 2.94. The van der Waals surface area contributed by atoms with Crippen molar-refractivity contribution in [3.8, 4) is 11.5 Å². The summed E-state index contributed by atoms with van der Waals surface area (Å²) in [4.78, 5) is 28.0. The van der Waals surface area contributed by atoms with Crippen LogP contribution in [0.4, 0.5) is 0 Å². The number of aromatic nitrogens is 1. The van der Waals surface area contributed by atoms with Crippen LogP contribution in [0.15, 0.2) is 48.7 Å². The molecular formula is C21H21NO5. The molecule has 0 aliphatic carbocycles. The average Bonchev–Trinajstić information content (AvgIpc) is 3.11. The van der Waals surface area contributed by atoms with Gasteiger partial charge < -0.3 is 19.2 Å². The molecule has 0 aliphatic rings. The number of hydrogen-bond donors (Lipinski definition) is 1. The number of ether oxygens (including phenoxy) is 3. The summed E-state index contributed by atoms with van der Waals surface area (Å²) < 4.78 is 15.8. The highest BCUT2D eigenvalue weighted by molar-refractivity contribution is 6.10. The van der Waals surface area contributed by atoms with Gasteiger partial charge in [-0.15, -0.1) is 0 Å². The Hall–Kier alpha value is -3.28. The highest BCUT2D eigenvalue weighted by Gasteiger charge is 2.22. The lowest BCUT2D eigenvalue weighted by Gasteiger charge is -2.13. The van der Waals surface area contributed by atoms with E-state index in [9.17, 15) is 9.59 Å². The van der Waals surface area contributed by atoms with Gasteiger partial charge >= 0.3 is 5.97 Å². The van der Waals surface area contributed by atoms with E-state index in [1.807, 2.05) is 24.3 Å². The first kappa shape index (κ1) is 18.5. The molecule has 3 aromatic rings. The standard InChI is InChI=1S/C21H21NO5/c1-13(21(24)16-12-22-17-7-5-4-6-15(16)17)27-20(23)11-14-8-9-18(25-2)19(10-14)26-3/h4-10,12-13,22H,11H2,1-3H3/t13-/m1/s1. The zero-order valence-electron chi connectivity index (χ0n) is 15.4. The molecule has 0 saturated carbocycles. The number of Topliss-reactive ketones (excluding diaryl/α,β-unsaturated/α-hetero) is 1. The van der Waals surface area contributed by atoms with E-state index in [-0.39, 0.29) is 12.2 Å². The Morgan fingerprint density at radius 3 is 2.52 bits per heavy atom. The van der Waals surface area contributed by atoms with Crippen LogP contribution in [0.3, 0.4) is 0 Å². The molecule has 27 heavy (non-hydrogen) atoms. The number of carbonyl (C=O) groups excluding carboxylic acids is 2. The summed E-state index contributed by atoms with van der Waals surface area (Å²) in [5.41, 5.74) is 2.09. The van der Waals surface area contributed by atoms with E-state index in [4.69, 9.17) is 14.2 Å². The Balaban J connectivity index is 1.68. The SMILES string of the molecule is COc1ccc(CC(=O)O[C@H](C)C(=O)c2c[nH]c3ccccc23)cc1OC. The van der Waals surface area contributed by atoms with Crippen molar-refractivity contribution in [1.82, 2.24) is 4.98 Å². The molecule has 0 spiro atoms. The van der Waals surface area contributed by atoms with Crippen molar-refractivity contribution in [1.29, 1.82) is 0 Å². The second kappa shape index (κ2) is 7.95. The Labute approximate surface area is 157 Å². The maximum atomic E-state index is 12.7. The van der Waals surface area contributed by atoms with Crippen LogP contribution in [0.2, 0.25) is 0 Å². The van der Waals surface area contributed by atoms with Crippen LogP contribution in [-0.2, 0) is 16.0 Å². The van der Waals surface area contributed by atoms with E-state index in [1.54, 1.807) is 38.4 Å². The van der Waals surface area contributed by atoms with Gasteiger partial charge in [-0.3, -0.25) is 9.59 Å². The maximum Gasteiger partial charge on any atom is 0.310 e. The Bertz CT molecular complexity index is 976. The lowest BCUT2D eigenvalue weighted by atomic mass is 10.1. The number of rotatable bonds is 7. The highest BCUT2D eigenvalue weighted by atomic mass is 16.5. The number of esters is 1. The van der Waals surface area contributed by atoms with E-state index >= 15 is 0 Å². The molecule has 2 aromatic carbocycles. The summed E-state index contributed by atoms with van der Waals surface area (Å²) in [6.45, 7) is 1.58.